The Hall–Kier alpha value is -2.96. The molecule has 2 aromatic rings. The average Bonchev–Trinajstić information content (AvgIpc) is 2.78. The van der Waals surface area contributed by atoms with Gasteiger partial charge in [-0.15, -0.1) is 0 Å². The summed E-state index contributed by atoms with van der Waals surface area (Å²) in [5, 5.41) is 19.0. The van der Waals surface area contributed by atoms with Crippen molar-refractivity contribution in [2.75, 3.05) is 13.1 Å². The summed E-state index contributed by atoms with van der Waals surface area (Å²) in [5.74, 6) is -2.51. The number of ether oxygens (including phenoxy) is 1. The van der Waals surface area contributed by atoms with Gasteiger partial charge < -0.3 is 20.3 Å². The van der Waals surface area contributed by atoms with E-state index in [1.54, 1.807) is 0 Å². The first-order valence-electron chi connectivity index (χ1n) is 10.1. The largest absolute Gasteiger partial charge is 0.478 e. The van der Waals surface area contributed by atoms with Gasteiger partial charge in [-0.25, -0.2) is 9.59 Å². The molecule has 0 amide bonds. The summed E-state index contributed by atoms with van der Waals surface area (Å²) < 4.78 is 6.14. The van der Waals surface area contributed by atoms with Crippen LogP contribution in [0.1, 0.15) is 30.9 Å². The molecule has 3 rings (SSSR count). The van der Waals surface area contributed by atoms with Gasteiger partial charge in [0.25, 0.3) is 0 Å². The third kappa shape index (κ3) is 8.19. The summed E-state index contributed by atoms with van der Waals surface area (Å²) in [6.45, 7) is 5.04. The molecule has 0 saturated carbocycles. The Labute approximate surface area is 177 Å². The predicted octanol–water partition coefficient (Wildman–Crippen LogP) is 3.90. The number of hydrogen-bond donors (Lipinski definition) is 3. The summed E-state index contributed by atoms with van der Waals surface area (Å²) in [6.07, 6.45) is 4.84. The SMILES string of the molecule is CCc1ccc(-c2ccccc2COC2CCNCC2)cc1.O=C(O)C=CC(=O)O. The second kappa shape index (κ2) is 12.6. The van der Waals surface area contributed by atoms with Gasteiger partial charge in [-0.05, 0) is 54.6 Å². The highest BCUT2D eigenvalue weighted by atomic mass is 16.5. The predicted molar refractivity (Wildman–Crippen MR) is 116 cm³/mol. The molecule has 1 aliphatic heterocycles. The van der Waals surface area contributed by atoms with Gasteiger partial charge in [0.05, 0.1) is 12.7 Å². The zero-order chi connectivity index (χ0) is 21.8. The van der Waals surface area contributed by atoms with Crippen molar-refractivity contribution in [2.45, 2.75) is 38.9 Å². The van der Waals surface area contributed by atoms with Crippen LogP contribution in [0.25, 0.3) is 11.1 Å². The molecule has 160 valence electrons. The van der Waals surface area contributed by atoms with Gasteiger partial charge in [-0.1, -0.05) is 55.5 Å². The smallest absolute Gasteiger partial charge is 0.328 e. The van der Waals surface area contributed by atoms with E-state index in [2.05, 4.69) is 60.8 Å². The van der Waals surface area contributed by atoms with Crippen LogP contribution >= 0.6 is 0 Å². The summed E-state index contributed by atoms with van der Waals surface area (Å²) in [4.78, 5) is 19.1. The highest BCUT2D eigenvalue weighted by molar-refractivity contribution is 5.89. The molecule has 0 aromatic heterocycles. The van der Waals surface area contributed by atoms with Crippen molar-refractivity contribution in [2.24, 2.45) is 0 Å². The lowest BCUT2D eigenvalue weighted by Crippen LogP contribution is -2.32. The maximum Gasteiger partial charge on any atom is 0.328 e. The molecule has 0 spiro atoms. The van der Waals surface area contributed by atoms with Crippen molar-refractivity contribution >= 4 is 11.9 Å². The van der Waals surface area contributed by atoms with E-state index in [0.29, 0.717) is 24.9 Å². The normalized spacial score (nSPS) is 14.2. The molecule has 1 heterocycles. The second-order valence-electron chi connectivity index (χ2n) is 6.98. The number of rotatable bonds is 7. The van der Waals surface area contributed by atoms with E-state index in [4.69, 9.17) is 14.9 Å². The van der Waals surface area contributed by atoms with Crippen molar-refractivity contribution in [3.05, 3.63) is 71.8 Å². The van der Waals surface area contributed by atoms with Gasteiger partial charge in [0, 0.05) is 12.2 Å². The van der Waals surface area contributed by atoms with E-state index in [1.165, 1.54) is 22.3 Å². The molecule has 3 N–H and O–H groups in total. The van der Waals surface area contributed by atoms with Crippen molar-refractivity contribution in [1.82, 2.24) is 5.32 Å². The average molecular weight is 411 g/mol. The third-order valence-corrected chi connectivity index (χ3v) is 4.82. The van der Waals surface area contributed by atoms with Gasteiger partial charge in [0.1, 0.15) is 0 Å². The van der Waals surface area contributed by atoms with E-state index in [0.717, 1.165) is 32.4 Å². The first kappa shape index (κ1) is 23.3. The van der Waals surface area contributed by atoms with Crippen molar-refractivity contribution in [3.8, 4) is 11.1 Å². The zero-order valence-electron chi connectivity index (χ0n) is 17.2. The summed E-state index contributed by atoms with van der Waals surface area (Å²) >= 11 is 0. The molecule has 0 bridgehead atoms. The fourth-order valence-corrected chi connectivity index (χ4v) is 3.16. The standard InChI is InChI=1S/C20H25NO.C4H4O4/c1-2-16-7-9-17(10-8-16)20-6-4-3-5-18(20)15-22-19-11-13-21-14-12-19;5-3(6)1-2-4(7)8/h3-10,19,21H,2,11-15H2,1H3;1-2H,(H,5,6)(H,7,8). The Morgan fingerprint density at radius 3 is 2.17 bits per heavy atom. The van der Waals surface area contributed by atoms with Crippen LogP contribution < -0.4 is 5.32 Å². The van der Waals surface area contributed by atoms with Crippen LogP contribution in [0.2, 0.25) is 0 Å². The van der Waals surface area contributed by atoms with E-state index < -0.39 is 11.9 Å². The van der Waals surface area contributed by atoms with Crippen LogP contribution in [0.5, 0.6) is 0 Å². The summed E-state index contributed by atoms with van der Waals surface area (Å²) in [7, 11) is 0. The van der Waals surface area contributed by atoms with Crippen molar-refractivity contribution in [1.29, 1.82) is 0 Å². The van der Waals surface area contributed by atoms with E-state index in [1.807, 2.05) is 0 Å². The first-order valence-corrected chi connectivity index (χ1v) is 10.1. The Kier molecular flexibility index (Phi) is 9.77. The quantitative estimate of drug-likeness (QED) is 0.598. The van der Waals surface area contributed by atoms with Gasteiger partial charge >= 0.3 is 11.9 Å². The molecule has 0 radical (unpaired) electrons. The fraction of sp³-hybridized carbons (Fsp3) is 0.333. The first-order chi connectivity index (χ1) is 14.5. The highest BCUT2D eigenvalue weighted by Crippen LogP contribution is 2.25. The third-order valence-electron chi connectivity index (χ3n) is 4.82. The molecule has 6 nitrogen and oxygen atoms in total. The number of hydrogen-bond acceptors (Lipinski definition) is 4. The number of carboxylic acids is 2. The molecule has 1 aliphatic rings. The van der Waals surface area contributed by atoms with Crippen LogP contribution in [0.4, 0.5) is 0 Å². The number of carbonyl (C=O) groups is 2. The lowest BCUT2D eigenvalue weighted by atomic mass is 9.98. The Bertz CT molecular complexity index is 823. The maximum atomic E-state index is 9.55. The van der Waals surface area contributed by atoms with Crippen molar-refractivity contribution in [3.63, 3.8) is 0 Å². The fourth-order valence-electron chi connectivity index (χ4n) is 3.16. The molecule has 0 unspecified atom stereocenters. The maximum absolute atomic E-state index is 9.55. The number of piperidine rings is 1. The van der Waals surface area contributed by atoms with Crippen molar-refractivity contribution < 1.29 is 24.5 Å². The lowest BCUT2D eigenvalue weighted by Gasteiger charge is -2.23. The minimum atomic E-state index is -1.26. The van der Waals surface area contributed by atoms with Crippen LogP contribution in [-0.2, 0) is 27.4 Å². The van der Waals surface area contributed by atoms with E-state index in [-0.39, 0.29) is 0 Å². The lowest BCUT2D eigenvalue weighted by molar-refractivity contribution is -0.134. The molecule has 2 aromatic carbocycles. The molecule has 0 atom stereocenters. The molecule has 1 fully saturated rings. The monoisotopic (exact) mass is 411 g/mol. The van der Waals surface area contributed by atoms with Gasteiger partial charge in [0.15, 0.2) is 0 Å². The topological polar surface area (TPSA) is 95.9 Å². The Balaban J connectivity index is 0.000000343. The molecular formula is C24H29NO5. The Morgan fingerprint density at radius 1 is 1.00 bits per heavy atom. The molecule has 30 heavy (non-hydrogen) atoms. The minimum absolute atomic E-state index is 0.400. The number of carboxylic acid groups (broad SMARTS) is 2. The minimum Gasteiger partial charge on any atom is -0.478 e. The van der Waals surface area contributed by atoms with Crippen LogP contribution in [0.3, 0.4) is 0 Å². The summed E-state index contributed by atoms with van der Waals surface area (Å²) in [5.41, 5.74) is 5.23. The summed E-state index contributed by atoms with van der Waals surface area (Å²) in [6, 6.07) is 17.5. The molecular weight excluding hydrogens is 382 g/mol. The number of aryl methyl sites for hydroxylation is 1. The van der Waals surface area contributed by atoms with Crippen LogP contribution in [0.15, 0.2) is 60.7 Å². The number of aliphatic carboxylic acids is 2. The molecule has 1 saturated heterocycles. The second-order valence-corrected chi connectivity index (χ2v) is 6.98. The van der Waals surface area contributed by atoms with Gasteiger partial charge in [-0.3, -0.25) is 0 Å². The molecule has 6 heteroatoms. The number of nitrogens with one attached hydrogen (secondary N) is 1. The number of benzene rings is 2. The van der Waals surface area contributed by atoms with Gasteiger partial charge in [0.2, 0.25) is 0 Å². The van der Waals surface area contributed by atoms with Gasteiger partial charge in [-0.2, -0.15) is 0 Å². The molecule has 0 aliphatic carbocycles. The van der Waals surface area contributed by atoms with E-state index in [9.17, 15) is 9.59 Å². The Morgan fingerprint density at radius 2 is 1.60 bits per heavy atom. The zero-order valence-corrected chi connectivity index (χ0v) is 17.2. The van der Waals surface area contributed by atoms with E-state index >= 15 is 0 Å². The van der Waals surface area contributed by atoms with Crippen LogP contribution in [0, 0.1) is 0 Å². The van der Waals surface area contributed by atoms with Crippen LogP contribution in [-0.4, -0.2) is 41.3 Å². The highest BCUT2D eigenvalue weighted by Gasteiger charge is 2.14.